The molecule has 0 aliphatic carbocycles. The third-order valence-electron chi connectivity index (χ3n) is 4.49. The van der Waals surface area contributed by atoms with Gasteiger partial charge in [0.25, 0.3) is 0 Å². The highest BCUT2D eigenvalue weighted by molar-refractivity contribution is 7.45. The Morgan fingerprint density at radius 3 is 1.78 bits per heavy atom. The van der Waals surface area contributed by atoms with Gasteiger partial charge in [0.15, 0.2) is 8.38 Å². The molecule has 140 valence electrons. The molecule has 0 saturated carbocycles. The Morgan fingerprint density at radius 1 is 0.815 bits per heavy atom. The summed E-state index contributed by atoms with van der Waals surface area (Å²) in [4.78, 5) is 20.1. The second kappa shape index (κ2) is 9.63. The van der Waals surface area contributed by atoms with Crippen LogP contribution in [0.3, 0.4) is 0 Å². The van der Waals surface area contributed by atoms with Crippen molar-refractivity contribution >= 4 is 8.38 Å². The molecule has 0 radical (unpaired) electrons. The van der Waals surface area contributed by atoms with E-state index in [2.05, 4.69) is 5.32 Å². The summed E-state index contributed by atoms with van der Waals surface area (Å²) >= 11 is 0. The van der Waals surface area contributed by atoms with Gasteiger partial charge in [-0.3, -0.25) is 5.32 Å². The number of hydrogen-bond acceptors (Lipinski definition) is 4. The summed E-state index contributed by atoms with van der Waals surface area (Å²) in [6.45, 7) is 0. The molecule has 3 rings (SSSR count). The fourth-order valence-corrected chi connectivity index (χ4v) is 3.72. The van der Waals surface area contributed by atoms with Crippen molar-refractivity contribution in [2.75, 3.05) is 7.11 Å². The molecule has 0 aliphatic rings. The lowest BCUT2D eigenvalue weighted by molar-refractivity contribution is 0.414. The molecule has 0 heterocycles. The Labute approximate surface area is 161 Å². The summed E-state index contributed by atoms with van der Waals surface area (Å²) in [6, 6.07) is 27.7. The van der Waals surface area contributed by atoms with E-state index in [1.54, 1.807) is 7.11 Å². The zero-order valence-electron chi connectivity index (χ0n) is 15.2. The molecule has 0 amide bonds. The number of rotatable bonds is 8. The van der Waals surface area contributed by atoms with Gasteiger partial charge in [0, 0.05) is 0 Å². The molecule has 27 heavy (non-hydrogen) atoms. The SMILES string of the molecule is COc1ccc(CC(NC(c2ccccc2)c2ccccc2)P(O)O)cc1. The summed E-state index contributed by atoms with van der Waals surface area (Å²) in [5, 5.41) is 3.46. The van der Waals surface area contributed by atoms with Gasteiger partial charge in [-0.25, -0.2) is 0 Å². The van der Waals surface area contributed by atoms with Crippen LogP contribution in [0.4, 0.5) is 0 Å². The second-order valence-electron chi connectivity index (χ2n) is 6.31. The molecular weight excluding hydrogens is 357 g/mol. The molecule has 0 spiro atoms. The Bertz CT molecular complexity index is 770. The van der Waals surface area contributed by atoms with Crippen molar-refractivity contribution < 1.29 is 14.5 Å². The average Bonchev–Trinajstić information content (AvgIpc) is 2.72. The molecule has 4 nitrogen and oxygen atoms in total. The average molecular weight is 381 g/mol. The number of hydrogen-bond donors (Lipinski definition) is 3. The third kappa shape index (κ3) is 5.38. The second-order valence-corrected chi connectivity index (χ2v) is 7.57. The fraction of sp³-hybridized carbons (Fsp3) is 0.182. The Morgan fingerprint density at radius 2 is 1.33 bits per heavy atom. The van der Waals surface area contributed by atoms with Crippen LogP contribution in [0, 0.1) is 0 Å². The summed E-state index contributed by atoms with van der Waals surface area (Å²) in [7, 11) is -0.525. The lowest BCUT2D eigenvalue weighted by atomic mass is 9.98. The van der Waals surface area contributed by atoms with Crippen LogP contribution in [0.2, 0.25) is 0 Å². The number of ether oxygens (including phenoxy) is 1. The maximum atomic E-state index is 10.1. The monoisotopic (exact) mass is 381 g/mol. The van der Waals surface area contributed by atoms with Crippen LogP contribution in [0.5, 0.6) is 5.75 Å². The summed E-state index contributed by atoms with van der Waals surface area (Å²) in [6.07, 6.45) is 0.513. The van der Waals surface area contributed by atoms with Crippen LogP contribution in [-0.4, -0.2) is 22.7 Å². The van der Waals surface area contributed by atoms with Crippen LogP contribution in [0.25, 0.3) is 0 Å². The molecule has 3 aromatic carbocycles. The highest BCUT2D eigenvalue weighted by Crippen LogP contribution is 2.35. The molecule has 0 aliphatic heterocycles. The highest BCUT2D eigenvalue weighted by Gasteiger charge is 2.24. The van der Waals surface area contributed by atoms with Crippen LogP contribution in [0.15, 0.2) is 84.9 Å². The normalized spacial score (nSPS) is 12.3. The maximum Gasteiger partial charge on any atom is 0.183 e. The van der Waals surface area contributed by atoms with Gasteiger partial charge in [0.1, 0.15) is 5.75 Å². The van der Waals surface area contributed by atoms with E-state index < -0.39 is 14.2 Å². The van der Waals surface area contributed by atoms with Crippen molar-refractivity contribution in [3.8, 4) is 5.75 Å². The van der Waals surface area contributed by atoms with Crippen LogP contribution in [-0.2, 0) is 6.42 Å². The summed E-state index contributed by atoms with van der Waals surface area (Å²) in [5.41, 5.74) is 3.18. The first-order chi connectivity index (χ1) is 13.2. The lowest BCUT2D eigenvalue weighted by Gasteiger charge is -2.27. The van der Waals surface area contributed by atoms with Crippen molar-refractivity contribution in [1.82, 2.24) is 5.32 Å². The van der Waals surface area contributed by atoms with Crippen LogP contribution in [0.1, 0.15) is 22.7 Å². The first kappa shape index (κ1) is 19.5. The van der Waals surface area contributed by atoms with Gasteiger partial charge in [-0.15, -0.1) is 0 Å². The quantitative estimate of drug-likeness (QED) is 0.511. The standard InChI is InChI=1S/C22H24NO3P/c1-26-20-14-12-17(13-15-20)16-21(27(24)25)23-22(18-8-4-2-5-9-18)19-10-6-3-7-11-19/h2-15,21-25H,16H2,1H3. The minimum absolute atomic E-state index is 0.125. The van der Waals surface area contributed by atoms with Gasteiger partial charge >= 0.3 is 0 Å². The molecule has 0 fully saturated rings. The van der Waals surface area contributed by atoms with Crippen molar-refractivity contribution in [1.29, 1.82) is 0 Å². The Kier molecular flexibility index (Phi) is 6.97. The van der Waals surface area contributed by atoms with Gasteiger partial charge in [0.2, 0.25) is 0 Å². The van der Waals surface area contributed by atoms with E-state index in [9.17, 15) is 9.79 Å². The Hall–Kier alpha value is -2.23. The molecule has 0 aromatic heterocycles. The van der Waals surface area contributed by atoms with Gasteiger partial charge in [0.05, 0.1) is 18.9 Å². The molecule has 0 bridgehead atoms. The van der Waals surface area contributed by atoms with E-state index in [0.717, 1.165) is 22.4 Å². The van der Waals surface area contributed by atoms with Gasteiger partial charge in [-0.2, -0.15) is 0 Å². The van der Waals surface area contributed by atoms with E-state index in [-0.39, 0.29) is 6.04 Å². The minimum atomic E-state index is -2.15. The molecule has 1 unspecified atom stereocenters. The first-order valence-electron chi connectivity index (χ1n) is 8.83. The van der Waals surface area contributed by atoms with E-state index in [1.165, 1.54) is 0 Å². The topological polar surface area (TPSA) is 61.7 Å². The van der Waals surface area contributed by atoms with Gasteiger partial charge in [-0.1, -0.05) is 72.8 Å². The molecular formula is C22H24NO3P. The van der Waals surface area contributed by atoms with E-state index in [1.807, 2.05) is 84.9 Å². The fourth-order valence-electron chi connectivity index (χ4n) is 3.06. The molecule has 1 atom stereocenters. The number of benzene rings is 3. The summed E-state index contributed by atoms with van der Waals surface area (Å²) in [5.74, 6) is 0.323. The van der Waals surface area contributed by atoms with Crippen molar-refractivity contribution in [2.24, 2.45) is 0 Å². The molecule has 3 N–H and O–H groups in total. The zero-order chi connectivity index (χ0) is 19.1. The van der Waals surface area contributed by atoms with E-state index in [0.29, 0.717) is 6.42 Å². The van der Waals surface area contributed by atoms with Crippen molar-refractivity contribution in [3.05, 3.63) is 102 Å². The van der Waals surface area contributed by atoms with Gasteiger partial charge < -0.3 is 14.5 Å². The number of methoxy groups -OCH3 is 1. The van der Waals surface area contributed by atoms with Crippen molar-refractivity contribution in [2.45, 2.75) is 18.2 Å². The van der Waals surface area contributed by atoms with Crippen molar-refractivity contribution in [3.63, 3.8) is 0 Å². The highest BCUT2D eigenvalue weighted by atomic mass is 31.2. The smallest absolute Gasteiger partial charge is 0.183 e. The molecule has 0 saturated heterocycles. The van der Waals surface area contributed by atoms with Crippen LogP contribution >= 0.6 is 8.38 Å². The minimum Gasteiger partial charge on any atom is -0.497 e. The van der Waals surface area contributed by atoms with Gasteiger partial charge in [-0.05, 0) is 35.2 Å². The predicted octanol–water partition coefficient (Wildman–Crippen LogP) is 4.24. The maximum absolute atomic E-state index is 10.1. The third-order valence-corrected chi connectivity index (χ3v) is 5.38. The van der Waals surface area contributed by atoms with E-state index in [4.69, 9.17) is 4.74 Å². The molecule has 3 aromatic rings. The van der Waals surface area contributed by atoms with E-state index >= 15 is 0 Å². The predicted molar refractivity (Wildman–Crippen MR) is 110 cm³/mol. The number of nitrogens with one attached hydrogen (secondary N) is 1. The lowest BCUT2D eigenvalue weighted by Crippen LogP contribution is -2.34. The Balaban J connectivity index is 1.84. The zero-order valence-corrected chi connectivity index (χ0v) is 16.1. The summed E-state index contributed by atoms with van der Waals surface area (Å²) < 4.78 is 5.19. The first-order valence-corrected chi connectivity index (χ1v) is 10.1. The largest absolute Gasteiger partial charge is 0.497 e. The van der Waals surface area contributed by atoms with Crippen LogP contribution < -0.4 is 10.1 Å². The molecule has 5 heteroatoms.